The molecule has 0 saturated carbocycles. The quantitative estimate of drug-likeness (QED) is 0.580. The molecule has 0 bridgehead atoms. The Morgan fingerprint density at radius 2 is 1.00 bits per heavy atom. The van der Waals surface area contributed by atoms with E-state index < -0.39 is 0 Å². The molecule has 0 aliphatic rings. The molecule has 0 spiro atoms. The minimum Gasteiger partial charge on any atom is -0.412 e. The van der Waals surface area contributed by atoms with Gasteiger partial charge in [0.15, 0.2) is 0 Å². The van der Waals surface area contributed by atoms with Gasteiger partial charge in [0.05, 0.1) is 0 Å². The van der Waals surface area contributed by atoms with Gasteiger partial charge in [-0.3, -0.25) is 0 Å². The van der Waals surface area contributed by atoms with E-state index in [2.05, 4.69) is 0 Å². The van der Waals surface area contributed by atoms with Gasteiger partial charge in [-0.25, -0.2) is 0 Å². The number of halogens is 1. The first-order valence-electron chi connectivity index (χ1n) is 0. The summed E-state index contributed by atoms with van der Waals surface area (Å²) in [5.41, 5.74) is 0. The SMILES string of the molecule is C.Cl.N.O.[Al].[Fe].[Na].[V]. The summed E-state index contributed by atoms with van der Waals surface area (Å²) >= 11 is 0. The van der Waals surface area contributed by atoms with Gasteiger partial charge < -0.3 is 11.6 Å². The van der Waals surface area contributed by atoms with Crippen molar-refractivity contribution in [2.75, 3.05) is 0 Å². The molecule has 0 atom stereocenters. The summed E-state index contributed by atoms with van der Waals surface area (Å²) in [5.74, 6) is 0. The van der Waals surface area contributed by atoms with Crippen molar-refractivity contribution in [3.05, 3.63) is 0 Å². The minimum absolute atomic E-state index is 0. The summed E-state index contributed by atoms with van der Waals surface area (Å²) in [4.78, 5) is 0. The summed E-state index contributed by atoms with van der Waals surface area (Å²) < 4.78 is 0. The van der Waals surface area contributed by atoms with Crippen LogP contribution in [0.3, 0.4) is 0 Å². The molecule has 8 heavy (non-hydrogen) atoms. The molecule has 0 aromatic rings. The fourth-order valence-corrected chi connectivity index (χ4v) is 0. The number of hydrogen-bond acceptors (Lipinski definition) is 1. The molecule has 2 nitrogen and oxygen atoms in total. The van der Waals surface area contributed by atoms with Crippen molar-refractivity contribution in [3.63, 3.8) is 0 Å². The van der Waals surface area contributed by atoms with Crippen molar-refractivity contribution >= 4 is 59.3 Å². The molecule has 0 aromatic heterocycles. The van der Waals surface area contributed by atoms with Gasteiger partial charge in [0.2, 0.25) is 0 Å². The van der Waals surface area contributed by atoms with Crippen molar-refractivity contribution < 1.29 is 41.1 Å². The first-order valence-corrected chi connectivity index (χ1v) is 0. The molecule has 0 unspecified atom stereocenters. The monoisotopic (exact) mass is 244 g/mol. The van der Waals surface area contributed by atoms with Crippen LogP contribution in [-0.4, -0.2) is 52.4 Å². The first kappa shape index (κ1) is 130. The average Bonchev–Trinajstić information content (AvgIpc) is 0. The fraction of sp³-hybridized carbons (Fsp3) is 1.00. The molecule has 5 radical (unpaired) electrons. The summed E-state index contributed by atoms with van der Waals surface area (Å²) in [5, 5.41) is 0. The Kier molecular flexibility index (Phi) is 1540. The molecule has 0 fully saturated rings. The summed E-state index contributed by atoms with van der Waals surface area (Å²) in [7, 11) is 0. The van der Waals surface area contributed by atoms with Gasteiger partial charge in [-0.15, -0.1) is 12.4 Å². The molecule has 0 aliphatic heterocycles. The van der Waals surface area contributed by atoms with Crippen LogP contribution in [-0.2, 0) is 35.6 Å². The number of rotatable bonds is 0. The molecular formula is CH10AlClFeNNaOV. The van der Waals surface area contributed by atoms with E-state index in [1.165, 1.54) is 0 Å². The molecule has 5 N–H and O–H groups in total. The van der Waals surface area contributed by atoms with Gasteiger partial charge in [0.1, 0.15) is 0 Å². The van der Waals surface area contributed by atoms with Crippen molar-refractivity contribution in [2.24, 2.45) is 0 Å². The maximum Gasteiger partial charge on any atom is 0 e. The average molecular weight is 244 g/mol. The van der Waals surface area contributed by atoms with Crippen LogP contribution in [0.5, 0.6) is 0 Å². The van der Waals surface area contributed by atoms with Crippen LogP contribution < -0.4 is 6.15 Å². The van der Waals surface area contributed by atoms with Crippen molar-refractivity contribution in [1.29, 1.82) is 0 Å². The summed E-state index contributed by atoms with van der Waals surface area (Å²) in [6.45, 7) is 0. The maximum atomic E-state index is 0. The van der Waals surface area contributed by atoms with Gasteiger partial charge in [-0.2, -0.15) is 0 Å². The van der Waals surface area contributed by atoms with Crippen molar-refractivity contribution in [1.82, 2.24) is 6.15 Å². The Balaban J connectivity index is 0. The van der Waals surface area contributed by atoms with E-state index >= 15 is 0 Å². The molecule has 0 rings (SSSR count). The van der Waals surface area contributed by atoms with Crippen LogP contribution >= 0.6 is 12.4 Å². The van der Waals surface area contributed by atoms with Crippen LogP contribution in [0.25, 0.3) is 0 Å². The second-order valence-corrected chi connectivity index (χ2v) is 0. The van der Waals surface area contributed by atoms with Gasteiger partial charge >= 0.3 is 0 Å². The largest absolute Gasteiger partial charge is 0.412 e. The molecule has 0 aliphatic carbocycles. The zero-order valence-corrected chi connectivity index (χ0v) is 10.5. The van der Waals surface area contributed by atoms with Crippen LogP contribution in [0.1, 0.15) is 7.43 Å². The van der Waals surface area contributed by atoms with Crippen LogP contribution in [0.2, 0.25) is 0 Å². The van der Waals surface area contributed by atoms with Gasteiger partial charge in [-0.1, -0.05) is 7.43 Å². The van der Waals surface area contributed by atoms with Crippen molar-refractivity contribution in [3.8, 4) is 0 Å². The normalized spacial score (nSPS) is 0. The summed E-state index contributed by atoms with van der Waals surface area (Å²) in [6, 6.07) is 0. The Labute approximate surface area is 112 Å². The molecule has 0 amide bonds. The molecular weight excluding hydrogens is 234 g/mol. The molecule has 0 heterocycles. The van der Waals surface area contributed by atoms with Gasteiger partial charge in [0, 0.05) is 82.5 Å². The van der Waals surface area contributed by atoms with E-state index in [9.17, 15) is 0 Å². The minimum atomic E-state index is 0. The Morgan fingerprint density at radius 1 is 1.00 bits per heavy atom. The molecule has 0 saturated heterocycles. The number of hydrogen-bond donors (Lipinski definition) is 1. The van der Waals surface area contributed by atoms with Crippen LogP contribution in [0, 0.1) is 0 Å². The first-order chi connectivity index (χ1) is 0. The van der Waals surface area contributed by atoms with Crippen LogP contribution in [0.4, 0.5) is 0 Å². The van der Waals surface area contributed by atoms with E-state index in [0.29, 0.717) is 0 Å². The molecule has 0 aromatic carbocycles. The zero-order chi connectivity index (χ0) is 0. The van der Waals surface area contributed by atoms with E-state index in [1.807, 2.05) is 0 Å². The Morgan fingerprint density at radius 3 is 1.00 bits per heavy atom. The van der Waals surface area contributed by atoms with E-state index in [0.717, 1.165) is 0 Å². The topological polar surface area (TPSA) is 66.5 Å². The smallest absolute Gasteiger partial charge is 0 e. The summed E-state index contributed by atoms with van der Waals surface area (Å²) in [6.07, 6.45) is 0. The third kappa shape index (κ3) is 67.2. The maximum absolute atomic E-state index is 0. The predicted molar refractivity (Wildman–Crippen MR) is 34.1 cm³/mol. The van der Waals surface area contributed by atoms with E-state index in [4.69, 9.17) is 0 Å². The third-order valence-electron chi connectivity index (χ3n) is 0. The fourth-order valence-electron chi connectivity index (χ4n) is 0. The van der Waals surface area contributed by atoms with Crippen LogP contribution in [0.15, 0.2) is 0 Å². The van der Waals surface area contributed by atoms with E-state index in [-0.39, 0.29) is 114 Å². The molecule has 7 heteroatoms. The Hall–Kier alpha value is 2.85. The predicted octanol–water partition coefficient (Wildman–Crippen LogP) is -0.371. The van der Waals surface area contributed by atoms with Gasteiger partial charge in [0.25, 0.3) is 0 Å². The second-order valence-electron chi connectivity index (χ2n) is 0. The standard InChI is InChI=1S/CH4.Al.ClH.Fe.H3N.Na.H2O.V/h1H4;;1H;;1H3;;1H2;. The van der Waals surface area contributed by atoms with Crippen molar-refractivity contribution in [2.45, 2.75) is 7.43 Å². The zero-order valence-electron chi connectivity index (χ0n) is 3.99. The second kappa shape index (κ2) is 95.1. The molecule has 49 valence electrons. The third-order valence-corrected chi connectivity index (χ3v) is 0. The van der Waals surface area contributed by atoms with Gasteiger partial charge in [-0.05, 0) is 0 Å². The van der Waals surface area contributed by atoms with E-state index in [1.54, 1.807) is 0 Å². The Bertz CT molecular complexity index is 24.0.